The lowest BCUT2D eigenvalue weighted by atomic mass is 9.70. The Bertz CT molecular complexity index is 468. The van der Waals surface area contributed by atoms with Gasteiger partial charge in [-0.15, -0.1) is 0 Å². The Kier molecular flexibility index (Phi) is 5.96. The van der Waals surface area contributed by atoms with E-state index in [1.54, 1.807) is 7.05 Å². The number of nitrogens with two attached hydrogens (primary N) is 1. The number of hydrogen-bond acceptors (Lipinski definition) is 3. The van der Waals surface area contributed by atoms with E-state index in [1.807, 2.05) is 30.3 Å². The third kappa shape index (κ3) is 4.07. The minimum atomic E-state index is -2.60. The van der Waals surface area contributed by atoms with Crippen LogP contribution in [0.2, 0.25) is 0 Å². The van der Waals surface area contributed by atoms with Gasteiger partial charge < -0.3 is 10.6 Å². The second-order valence-electron chi connectivity index (χ2n) is 5.04. The molecule has 1 saturated carbocycles. The van der Waals surface area contributed by atoms with Gasteiger partial charge >= 0.3 is 0 Å². The standard InChI is InChI=1S/C14H17F2N3.CH5N/c1-19(9-17)13(18)12(10-5-3-2-4-6-10)11-7-14(15,16)8-11;1-2/h2-6,9,11-12,17-18H,7-8H2,1H3;2H2,1H3. The monoisotopic (exact) mass is 296 g/mol. The summed E-state index contributed by atoms with van der Waals surface area (Å²) in [5, 5.41) is 15.3. The molecule has 0 heterocycles. The highest BCUT2D eigenvalue weighted by Crippen LogP contribution is 2.49. The average Bonchev–Trinajstić information content (AvgIpc) is 2.48. The molecule has 0 bridgehead atoms. The molecule has 0 amide bonds. The Morgan fingerprint density at radius 1 is 1.33 bits per heavy atom. The fraction of sp³-hybridized carbons (Fsp3) is 0.467. The van der Waals surface area contributed by atoms with Crippen LogP contribution in [-0.2, 0) is 0 Å². The molecule has 2 rings (SSSR count). The molecule has 4 N–H and O–H groups in total. The first-order valence-corrected chi connectivity index (χ1v) is 6.77. The maximum atomic E-state index is 13.1. The number of nitrogens with one attached hydrogen (secondary N) is 2. The number of nitrogens with zero attached hydrogens (tertiary/aromatic N) is 1. The van der Waals surface area contributed by atoms with Crippen LogP contribution in [0.3, 0.4) is 0 Å². The van der Waals surface area contributed by atoms with Crippen molar-refractivity contribution in [3.05, 3.63) is 35.9 Å². The van der Waals surface area contributed by atoms with E-state index in [2.05, 4.69) is 5.73 Å². The molecule has 1 aromatic carbocycles. The Balaban J connectivity index is 0.00000106. The molecule has 0 radical (unpaired) electrons. The van der Waals surface area contributed by atoms with Gasteiger partial charge in [-0.05, 0) is 18.5 Å². The first-order chi connectivity index (χ1) is 9.94. The highest BCUT2D eigenvalue weighted by molar-refractivity contribution is 5.94. The molecule has 1 aliphatic carbocycles. The van der Waals surface area contributed by atoms with Crippen molar-refractivity contribution in [1.29, 1.82) is 10.8 Å². The average molecular weight is 296 g/mol. The minimum absolute atomic E-state index is 0.180. The number of halogens is 2. The first-order valence-electron chi connectivity index (χ1n) is 6.77. The predicted molar refractivity (Wildman–Crippen MR) is 81.2 cm³/mol. The fourth-order valence-electron chi connectivity index (χ4n) is 2.55. The van der Waals surface area contributed by atoms with Gasteiger partial charge in [-0.3, -0.25) is 10.8 Å². The SMILES string of the molecule is CN.CN(C=N)C(=N)C(c1ccccc1)C1CC(F)(F)C1. The van der Waals surface area contributed by atoms with E-state index in [0.717, 1.165) is 11.9 Å². The second-order valence-corrected chi connectivity index (χ2v) is 5.04. The highest BCUT2D eigenvalue weighted by Gasteiger charge is 2.50. The lowest BCUT2D eigenvalue weighted by Crippen LogP contribution is -2.44. The maximum Gasteiger partial charge on any atom is 0.248 e. The van der Waals surface area contributed by atoms with Crippen LogP contribution < -0.4 is 5.73 Å². The van der Waals surface area contributed by atoms with Crippen LogP contribution >= 0.6 is 0 Å². The van der Waals surface area contributed by atoms with Gasteiger partial charge in [0.25, 0.3) is 0 Å². The summed E-state index contributed by atoms with van der Waals surface area (Å²) >= 11 is 0. The van der Waals surface area contributed by atoms with Crippen LogP contribution in [-0.4, -0.2) is 37.1 Å². The summed E-state index contributed by atoms with van der Waals surface area (Å²) in [4.78, 5) is 1.37. The summed E-state index contributed by atoms with van der Waals surface area (Å²) in [5.74, 6) is -3.00. The van der Waals surface area contributed by atoms with Crippen LogP contribution in [0.4, 0.5) is 8.78 Å². The summed E-state index contributed by atoms with van der Waals surface area (Å²) in [5.41, 5.74) is 5.36. The summed E-state index contributed by atoms with van der Waals surface area (Å²) in [6.07, 6.45) is 0.677. The van der Waals surface area contributed by atoms with Gasteiger partial charge in [0, 0.05) is 25.8 Å². The highest BCUT2D eigenvalue weighted by atomic mass is 19.3. The van der Waals surface area contributed by atoms with E-state index in [0.29, 0.717) is 0 Å². The molecule has 0 saturated heterocycles. The van der Waals surface area contributed by atoms with E-state index in [9.17, 15) is 8.78 Å². The summed E-state index contributed by atoms with van der Waals surface area (Å²) in [6, 6.07) is 9.26. The Labute approximate surface area is 124 Å². The van der Waals surface area contributed by atoms with Crippen molar-refractivity contribution in [3.63, 3.8) is 0 Å². The van der Waals surface area contributed by atoms with Crippen molar-refractivity contribution >= 4 is 12.2 Å². The molecular weight excluding hydrogens is 274 g/mol. The summed E-state index contributed by atoms with van der Waals surface area (Å²) in [7, 11) is 3.10. The van der Waals surface area contributed by atoms with Crippen LogP contribution in [0.25, 0.3) is 0 Å². The van der Waals surface area contributed by atoms with Gasteiger partial charge in [0.2, 0.25) is 5.92 Å². The number of amidine groups is 1. The molecule has 1 atom stereocenters. The first kappa shape index (κ1) is 17.2. The molecule has 4 nitrogen and oxygen atoms in total. The molecule has 1 aromatic rings. The summed E-state index contributed by atoms with van der Waals surface area (Å²) in [6.45, 7) is 0. The van der Waals surface area contributed by atoms with Crippen molar-refractivity contribution in [2.75, 3.05) is 14.1 Å². The molecular formula is C15H22F2N4. The van der Waals surface area contributed by atoms with E-state index in [-0.39, 0.29) is 30.5 Å². The zero-order valence-corrected chi connectivity index (χ0v) is 12.3. The minimum Gasteiger partial charge on any atom is -0.333 e. The van der Waals surface area contributed by atoms with E-state index in [1.165, 1.54) is 11.9 Å². The number of alkyl halides is 2. The lowest BCUT2D eigenvalue weighted by Gasteiger charge is -2.41. The number of rotatable bonds is 4. The van der Waals surface area contributed by atoms with Crippen molar-refractivity contribution in [1.82, 2.24) is 4.90 Å². The van der Waals surface area contributed by atoms with Crippen molar-refractivity contribution < 1.29 is 8.78 Å². The number of likely N-dealkylation sites (N-methyl/N-ethyl adjacent to an activating group) is 1. The van der Waals surface area contributed by atoms with Crippen LogP contribution in [0.15, 0.2) is 30.3 Å². The third-order valence-electron chi connectivity index (χ3n) is 3.62. The van der Waals surface area contributed by atoms with Crippen molar-refractivity contribution in [2.24, 2.45) is 11.7 Å². The predicted octanol–water partition coefficient (Wildman–Crippen LogP) is 2.91. The quantitative estimate of drug-likeness (QED) is 0.590. The van der Waals surface area contributed by atoms with Gasteiger partial charge in [0.05, 0.1) is 6.34 Å². The van der Waals surface area contributed by atoms with Crippen LogP contribution in [0.5, 0.6) is 0 Å². The van der Waals surface area contributed by atoms with Gasteiger partial charge in [-0.25, -0.2) is 8.78 Å². The maximum absolute atomic E-state index is 13.1. The van der Waals surface area contributed by atoms with Gasteiger partial charge in [-0.1, -0.05) is 30.3 Å². The largest absolute Gasteiger partial charge is 0.333 e. The Hall–Kier alpha value is -1.82. The van der Waals surface area contributed by atoms with Gasteiger partial charge in [0.1, 0.15) is 5.84 Å². The van der Waals surface area contributed by atoms with E-state index >= 15 is 0 Å². The third-order valence-corrected chi connectivity index (χ3v) is 3.62. The molecule has 1 fully saturated rings. The van der Waals surface area contributed by atoms with Crippen molar-refractivity contribution in [2.45, 2.75) is 24.7 Å². The fourth-order valence-corrected chi connectivity index (χ4v) is 2.55. The zero-order chi connectivity index (χ0) is 16.0. The molecule has 0 aliphatic heterocycles. The zero-order valence-electron chi connectivity index (χ0n) is 12.3. The molecule has 1 unspecified atom stereocenters. The van der Waals surface area contributed by atoms with Crippen LogP contribution in [0.1, 0.15) is 24.3 Å². The number of benzene rings is 1. The molecule has 0 aromatic heterocycles. The smallest absolute Gasteiger partial charge is 0.248 e. The van der Waals surface area contributed by atoms with Crippen molar-refractivity contribution in [3.8, 4) is 0 Å². The molecule has 21 heavy (non-hydrogen) atoms. The molecule has 6 heteroatoms. The molecule has 0 spiro atoms. The summed E-state index contributed by atoms with van der Waals surface area (Å²) < 4.78 is 26.2. The Morgan fingerprint density at radius 3 is 2.29 bits per heavy atom. The van der Waals surface area contributed by atoms with Gasteiger partial charge in [0.15, 0.2) is 0 Å². The number of hydrogen-bond donors (Lipinski definition) is 3. The van der Waals surface area contributed by atoms with E-state index in [4.69, 9.17) is 10.8 Å². The molecule has 116 valence electrons. The van der Waals surface area contributed by atoms with E-state index < -0.39 is 5.92 Å². The topological polar surface area (TPSA) is 77.0 Å². The normalized spacial score (nSPS) is 17.8. The molecule has 1 aliphatic rings. The lowest BCUT2D eigenvalue weighted by molar-refractivity contribution is -0.112. The Morgan fingerprint density at radius 2 is 1.86 bits per heavy atom. The second kappa shape index (κ2) is 7.26. The van der Waals surface area contributed by atoms with Crippen LogP contribution in [0, 0.1) is 16.7 Å². The van der Waals surface area contributed by atoms with Gasteiger partial charge in [-0.2, -0.15) is 0 Å².